The predicted octanol–water partition coefficient (Wildman–Crippen LogP) is -5.16. The molecule has 0 saturated heterocycles. The summed E-state index contributed by atoms with van der Waals surface area (Å²) in [5, 5.41) is 0. The molecule has 0 atom stereocenters. The fourth-order valence-electron chi connectivity index (χ4n) is 0. The van der Waals surface area contributed by atoms with Gasteiger partial charge in [0.15, 0.2) is 0 Å². The van der Waals surface area contributed by atoms with Crippen molar-refractivity contribution in [3.05, 3.63) is 0 Å². The monoisotopic (exact) mass is 232 g/mol. The standard InChI is InChI=1S/C4H10N.2ClH.Zr/c1-4(2,3)5;;;/h5H,1-3H3;2*1H;/q-1;;;+3/p-2. The van der Waals surface area contributed by atoms with E-state index in [1.54, 1.807) is 0 Å². The van der Waals surface area contributed by atoms with Crippen LogP contribution in [-0.4, -0.2) is 5.54 Å². The number of rotatable bonds is 0. The Balaban J connectivity index is -0.000000125. The smallest absolute Gasteiger partial charge is 1.00 e. The zero-order chi connectivity index (χ0) is 5.21. The Hall–Kier alpha value is 1.42. The van der Waals surface area contributed by atoms with Gasteiger partial charge in [0.05, 0.1) is 0 Å². The van der Waals surface area contributed by atoms with E-state index in [0.717, 1.165) is 0 Å². The molecule has 0 heterocycles. The molecule has 0 bridgehead atoms. The van der Waals surface area contributed by atoms with Gasteiger partial charge >= 0.3 is 54.6 Å². The number of halogens is 2. The molecular weight excluding hydrogens is 224 g/mol. The fourth-order valence-corrected chi connectivity index (χ4v) is 0. The quantitative estimate of drug-likeness (QED) is 0.442. The molecule has 0 rings (SSSR count). The topological polar surface area (TPSA) is 12.0 Å². The van der Waals surface area contributed by atoms with Crippen LogP contribution in [0, 0.1) is 0 Å². The third-order valence-electron chi connectivity index (χ3n) is 0.375. The van der Waals surface area contributed by atoms with E-state index in [2.05, 4.69) is 24.0 Å². The first kappa shape index (κ1) is 16.2. The Morgan fingerprint density at radius 2 is 1.25 bits per heavy atom. The maximum atomic E-state index is 3.19. The molecule has 0 spiro atoms. The second-order valence-electron chi connectivity index (χ2n) is 2.38. The van der Waals surface area contributed by atoms with Crippen LogP contribution < -0.4 is 28.1 Å². The van der Waals surface area contributed by atoms with Gasteiger partial charge in [0, 0.05) is 0 Å². The molecule has 0 aromatic heterocycles. The minimum atomic E-state index is 0. The van der Waals surface area contributed by atoms with Crippen molar-refractivity contribution < 1.29 is 49.8 Å². The van der Waals surface area contributed by atoms with Gasteiger partial charge in [-0.15, -0.1) is 0 Å². The SMILES string of the molecule is CC(C)(C)[NH][Zr+2].[Cl-].[Cl-]. The van der Waals surface area contributed by atoms with Crippen molar-refractivity contribution in [3.63, 3.8) is 0 Å². The van der Waals surface area contributed by atoms with E-state index in [4.69, 9.17) is 0 Å². The van der Waals surface area contributed by atoms with Crippen LogP contribution in [0.2, 0.25) is 0 Å². The van der Waals surface area contributed by atoms with Crippen LogP contribution in [0.3, 0.4) is 0 Å². The van der Waals surface area contributed by atoms with Crippen LogP contribution in [-0.2, 0) is 25.0 Å². The number of hydrogen-bond donors (Lipinski definition) is 1. The minimum Gasteiger partial charge on any atom is -1.00 e. The molecule has 8 heavy (non-hydrogen) atoms. The van der Waals surface area contributed by atoms with Crippen LogP contribution in [0.4, 0.5) is 0 Å². The van der Waals surface area contributed by atoms with Gasteiger partial charge in [-0.3, -0.25) is 0 Å². The zero-order valence-electron chi connectivity index (χ0n) is 5.26. The van der Waals surface area contributed by atoms with Gasteiger partial charge in [0.2, 0.25) is 0 Å². The van der Waals surface area contributed by atoms with Crippen molar-refractivity contribution in [3.8, 4) is 0 Å². The summed E-state index contributed by atoms with van der Waals surface area (Å²) in [4.78, 5) is 0. The molecule has 0 aliphatic heterocycles. The summed E-state index contributed by atoms with van der Waals surface area (Å²) in [5.74, 6) is 0. The van der Waals surface area contributed by atoms with Crippen molar-refractivity contribution in [1.29, 1.82) is 0 Å². The molecule has 0 saturated carbocycles. The van der Waals surface area contributed by atoms with Crippen molar-refractivity contribution >= 4 is 0 Å². The van der Waals surface area contributed by atoms with E-state index in [-0.39, 0.29) is 24.8 Å². The molecule has 0 fully saturated rings. The van der Waals surface area contributed by atoms with E-state index in [0.29, 0.717) is 5.54 Å². The van der Waals surface area contributed by atoms with Crippen LogP contribution >= 0.6 is 0 Å². The van der Waals surface area contributed by atoms with Gasteiger partial charge in [-0.1, -0.05) is 0 Å². The summed E-state index contributed by atoms with van der Waals surface area (Å²) in [6.45, 7) is 6.46. The van der Waals surface area contributed by atoms with Gasteiger partial charge < -0.3 is 24.8 Å². The molecule has 0 radical (unpaired) electrons. The first-order valence-electron chi connectivity index (χ1n) is 2.00. The van der Waals surface area contributed by atoms with Crippen LogP contribution in [0.25, 0.3) is 0 Å². The van der Waals surface area contributed by atoms with Gasteiger partial charge in [0.1, 0.15) is 0 Å². The molecule has 1 nitrogen and oxygen atoms in total. The third kappa shape index (κ3) is 15.7. The third-order valence-corrected chi connectivity index (χ3v) is 2.22. The van der Waals surface area contributed by atoms with E-state index in [1.165, 1.54) is 25.0 Å². The van der Waals surface area contributed by atoms with Gasteiger partial charge in [0.25, 0.3) is 0 Å². The van der Waals surface area contributed by atoms with Crippen LogP contribution in [0.5, 0.6) is 0 Å². The largest absolute Gasteiger partial charge is 1.00 e. The molecule has 0 aromatic rings. The molecule has 0 amide bonds. The van der Waals surface area contributed by atoms with Crippen molar-refractivity contribution in [2.75, 3.05) is 0 Å². The van der Waals surface area contributed by atoms with Crippen molar-refractivity contribution in [2.24, 2.45) is 0 Å². The first-order valence-corrected chi connectivity index (χ1v) is 3.23. The first-order chi connectivity index (χ1) is 2.56. The van der Waals surface area contributed by atoms with Gasteiger partial charge in [-0.2, -0.15) is 0 Å². The minimum absolute atomic E-state index is 0. The average Bonchev–Trinajstić information content (AvgIpc) is 1.35. The van der Waals surface area contributed by atoms with Gasteiger partial charge in [-0.05, 0) is 0 Å². The second kappa shape index (κ2) is 6.54. The summed E-state index contributed by atoms with van der Waals surface area (Å²) in [7, 11) is 0. The van der Waals surface area contributed by atoms with Crippen molar-refractivity contribution in [2.45, 2.75) is 26.3 Å². The number of nitrogens with one attached hydrogen (secondary N) is 1. The van der Waals surface area contributed by atoms with E-state index < -0.39 is 0 Å². The Morgan fingerprint density at radius 3 is 1.25 bits per heavy atom. The molecule has 0 aliphatic carbocycles. The van der Waals surface area contributed by atoms with Crippen LogP contribution in [0.1, 0.15) is 20.8 Å². The van der Waals surface area contributed by atoms with Crippen LogP contribution in [0.15, 0.2) is 0 Å². The summed E-state index contributed by atoms with van der Waals surface area (Å²) < 4.78 is 3.19. The molecule has 49 valence electrons. The Bertz CT molecular complexity index is 43.8. The van der Waals surface area contributed by atoms with Crippen molar-refractivity contribution in [1.82, 2.24) is 3.26 Å². The maximum absolute atomic E-state index is 3.19. The maximum Gasteiger partial charge on any atom is -1.00 e. The molecule has 0 unspecified atom stereocenters. The Morgan fingerprint density at radius 1 is 1.12 bits per heavy atom. The Labute approximate surface area is 79.1 Å². The summed E-state index contributed by atoms with van der Waals surface area (Å²) in [5.41, 5.74) is 0.332. The van der Waals surface area contributed by atoms with E-state index in [1.807, 2.05) is 0 Å². The molecule has 1 N–H and O–H groups in total. The van der Waals surface area contributed by atoms with Gasteiger partial charge in [-0.25, -0.2) is 0 Å². The fraction of sp³-hybridized carbons (Fsp3) is 1.00. The summed E-state index contributed by atoms with van der Waals surface area (Å²) in [6.07, 6.45) is 0. The molecular formula is C4H10Cl2NZr. The molecule has 4 heteroatoms. The summed E-state index contributed by atoms with van der Waals surface area (Å²) >= 11 is 1.40. The predicted molar refractivity (Wildman–Crippen MR) is 22.9 cm³/mol. The van der Waals surface area contributed by atoms with E-state index >= 15 is 0 Å². The average molecular weight is 234 g/mol. The summed E-state index contributed by atoms with van der Waals surface area (Å²) in [6, 6.07) is 0. The zero-order valence-corrected chi connectivity index (χ0v) is 9.23. The van der Waals surface area contributed by atoms with E-state index in [9.17, 15) is 0 Å². The normalized spacial score (nSPS) is 9.12. The Kier molecular flexibility index (Phi) is 13.3. The number of hydrogen-bond acceptors (Lipinski definition) is 1. The molecule has 0 aliphatic rings. The molecule has 0 aromatic carbocycles. The second-order valence-corrected chi connectivity index (χ2v) is 2.99.